The minimum absolute atomic E-state index is 0.506. The van der Waals surface area contributed by atoms with Crippen LogP contribution in [0.2, 0.25) is 0 Å². The molecule has 0 bridgehead atoms. The lowest BCUT2D eigenvalue weighted by Crippen LogP contribution is -2.09. The lowest BCUT2D eigenvalue weighted by molar-refractivity contribution is -0.141. The summed E-state index contributed by atoms with van der Waals surface area (Å²) in [5.41, 5.74) is -1.85. The fraction of sp³-hybridized carbons (Fsp3) is 0.143. The van der Waals surface area contributed by atoms with E-state index in [1.165, 1.54) is 6.07 Å². The molecule has 1 aromatic rings. The first kappa shape index (κ1) is 9.45. The van der Waals surface area contributed by atoms with Gasteiger partial charge in [0.2, 0.25) is 5.95 Å². The van der Waals surface area contributed by atoms with Crippen LogP contribution in [0.25, 0.3) is 0 Å². The van der Waals surface area contributed by atoms with Gasteiger partial charge in [0, 0.05) is 0 Å². The van der Waals surface area contributed by atoms with Gasteiger partial charge in [-0.05, 0) is 12.1 Å². The highest BCUT2D eigenvalue weighted by atomic mass is 19.4. The van der Waals surface area contributed by atoms with Crippen molar-refractivity contribution in [1.29, 1.82) is 5.26 Å². The number of hydrogen-bond donors (Lipinski definition) is 0. The molecule has 1 rings (SSSR count). The lowest BCUT2D eigenvalue weighted by atomic mass is 10.2. The zero-order valence-electron chi connectivity index (χ0n) is 6.06. The predicted octanol–water partition coefficient (Wildman–Crippen LogP) is 2.11. The Labute approximate surface area is 70.4 Å². The second-order valence-electron chi connectivity index (χ2n) is 2.14. The number of rotatable bonds is 0. The van der Waals surface area contributed by atoms with Crippen molar-refractivity contribution in [2.75, 3.05) is 0 Å². The number of pyridine rings is 1. The van der Waals surface area contributed by atoms with E-state index in [2.05, 4.69) is 4.98 Å². The summed E-state index contributed by atoms with van der Waals surface area (Å²) in [6.07, 6.45) is -4.69. The number of halogens is 4. The van der Waals surface area contributed by atoms with Crippen LogP contribution >= 0.6 is 0 Å². The molecule has 0 N–H and O–H groups in total. The monoisotopic (exact) mass is 190 g/mol. The van der Waals surface area contributed by atoms with Crippen LogP contribution < -0.4 is 0 Å². The van der Waals surface area contributed by atoms with E-state index in [0.717, 1.165) is 6.07 Å². The maximum Gasteiger partial charge on any atom is 0.433 e. The molecule has 0 radical (unpaired) electrons. The van der Waals surface area contributed by atoms with Gasteiger partial charge >= 0.3 is 6.18 Å². The van der Waals surface area contributed by atoms with Crippen molar-refractivity contribution in [3.63, 3.8) is 0 Å². The van der Waals surface area contributed by atoms with Crippen LogP contribution in [-0.2, 0) is 6.18 Å². The molecule has 0 saturated heterocycles. The van der Waals surface area contributed by atoms with E-state index in [4.69, 9.17) is 5.26 Å². The van der Waals surface area contributed by atoms with Crippen LogP contribution in [0.3, 0.4) is 0 Å². The molecule has 1 aromatic heterocycles. The average Bonchev–Trinajstić information content (AvgIpc) is 2.02. The Kier molecular flexibility index (Phi) is 2.19. The van der Waals surface area contributed by atoms with Gasteiger partial charge in [-0.2, -0.15) is 22.8 Å². The van der Waals surface area contributed by atoms with Gasteiger partial charge < -0.3 is 0 Å². The molecule has 0 atom stereocenters. The summed E-state index contributed by atoms with van der Waals surface area (Å²) in [6, 6.07) is 2.67. The summed E-state index contributed by atoms with van der Waals surface area (Å²) >= 11 is 0. The minimum Gasteiger partial charge on any atom is -0.214 e. The molecule has 0 saturated carbocycles. The van der Waals surface area contributed by atoms with Gasteiger partial charge in [-0.3, -0.25) is 0 Å². The highest BCUT2D eigenvalue weighted by molar-refractivity contribution is 5.28. The van der Waals surface area contributed by atoms with Gasteiger partial charge in [0.05, 0.1) is 0 Å². The zero-order valence-corrected chi connectivity index (χ0v) is 6.06. The molecule has 0 amide bonds. The molecule has 6 heteroatoms. The topological polar surface area (TPSA) is 36.7 Å². The van der Waals surface area contributed by atoms with Crippen LogP contribution in [0.4, 0.5) is 17.6 Å². The van der Waals surface area contributed by atoms with Crippen molar-refractivity contribution >= 4 is 0 Å². The first-order valence-electron chi connectivity index (χ1n) is 3.09. The summed E-state index contributed by atoms with van der Waals surface area (Å²) < 4.78 is 48.2. The quantitative estimate of drug-likeness (QED) is 0.464. The third-order valence-electron chi connectivity index (χ3n) is 1.26. The van der Waals surface area contributed by atoms with Crippen LogP contribution in [0, 0.1) is 17.3 Å². The number of aromatic nitrogens is 1. The first-order valence-corrected chi connectivity index (χ1v) is 3.09. The van der Waals surface area contributed by atoms with Crippen molar-refractivity contribution in [3.8, 4) is 6.07 Å². The van der Waals surface area contributed by atoms with E-state index in [1.807, 2.05) is 0 Å². The molecule has 0 spiro atoms. The normalized spacial score (nSPS) is 11.0. The van der Waals surface area contributed by atoms with Crippen molar-refractivity contribution < 1.29 is 17.6 Å². The SMILES string of the molecule is N#Cc1ccc(C(F)(F)F)nc1F. The second kappa shape index (κ2) is 3.01. The maximum absolute atomic E-state index is 12.5. The largest absolute Gasteiger partial charge is 0.433 e. The molecule has 0 aliphatic heterocycles. The fourth-order valence-corrected chi connectivity index (χ4v) is 0.676. The molecular formula is C7H2F4N2. The lowest BCUT2D eigenvalue weighted by Gasteiger charge is -2.04. The average molecular weight is 190 g/mol. The molecule has 13 heavy (non-hydrogen) atoms. The Balaban J connectivity index is 3.20. The smallest absolute Gasteiger partial charge is 0.214 e. The van der Waals surface area contributed by atoms with Crippen molar-refractivity contribution in [2.24, 2.45) is 0 Å². The molecule has 0 unspecified atom stereocenters. The number of hydrogen-bond acceptors (Lipinski definition) is 2. The Morgan fingerprint density at radius 3 is 2.31 bits per heavy atom. The summed E-state index contributed by atoms with van der Waals surface area (Å²) in [6.45, 7) is 0. The molecule has 2 nitrogen and oxygen atoms in total. The highest BCUT2D eigenvalue weighted by Gasteiger charge is 2.33. The number of nitrogens with zero attached hydrogens (tertiary/aromatic N) is 2. The van der Waals surface area contributed by atoms with Crippen LogP contribution in [0.5, 0.6) is 0 Å². The minimum atomic E-state index is -4.69. The van der Waals surface area contributed by atoms with Crippen LogP contribution in [0.15, 0.2) is 12.1 Å². The Morgan fingerprint density at radius 2 is 1.92 bits per heavy atom. The van der Waals surface area contributed by atoms with Gasteiger partial charge in [-0.25, -0.2) is 4.98 Å². The maximum atomic E-state index is 12.5. The molecule has 68 valence electrons. The molecule has 0 fully saturated rings. The molecule has 0 aliphatic rings. The van der Waals surface area contributed by atoms with Crippen LogP contribution in [0.1, 0.15) is 11.3 Å². The number of nitriles is 1. The summed E-state index contributed by atoms with van der Waals surface area (Å²) in [5, 5.41) is 8.20. The van der Waals surface area contributed by atoms with Gasteiger partial charge in [0.25, 0.3) is 0 Å². The Hall–Kier alpha value is -1.64. The zero-order chi connectivity index (χ0) is 10.1. The van der Waals surface area contributed by atoms with Crippen molar-refractivity contribution in [2.45, 2.75) is 6.18 Å². The van der Waals surface area contributed by atoms with Crippen molar-refractivity contribution in [3.05, 3.63) is 29.3 Å². The van der Waals surface area contributed by atoms with E-state index < -0.39 is 23.4 Å². The van der Waals surface area contributed by atoms with E-state index in [-0.39, 0.29) is 0 Å². The second-order valence-corrected chi connectivity index (χ2v) is 2.14. The third-order valence-corrected chi connectivity index (χ3v) is 1.26. The van der Waals surface area contributed by atoms with E-state index in [1.54, 1.807) is 0 Å². The Bertz CT molecular complexity index is 364. The van der Waals surface area contributed by atoms with Crippen molar-refractivity contribution in [1.82, 2.24) is 4.98 Å². The van der Waals surface area contributed by atoms with Crippen LogP contribution in [-0.4, -0.2) is 4.98 Å². The van der Waals surface area contributed by atoms with E-state index >= 15 is 0 Å². The third kappa shape index (κ3) is 1.93. The van der Waals surface area contributed by atoms with Gasteiger partial charge in [0.15, 0.2) is 0 Å². The molecular weight excluding hydrogens is 188 g/mol. The molecule has 0 aliphatic carbocycles. The van der Waals surface area contributed by atoms with Gasteiger partial charge in [-0.15, -0.1) is 0 Å². The van der Waals surface area contributed by atoms with E-state index in [9.17, 15) is 17.6 Å². The fourth-order valence-electron chi connectivity index (χ4n) is 0.676. The first-order chi connectivity index (χ1) is 5.95. The Morgan fingerprint density at radius 1 is 1.31 bits per heavy atom. The number of alkyl halides is 3. The summed E-state index contributed by atoms with van der Waals surface area (Å²) in [7, 11) is 0. The standard InChI is InChI=1S/C7H2F4N2/c8-6-4(3-12)1-2-5(13-6)7(9,10)11/h1-2H. The van der Waals surface area contributed by atoms with Gasteiger partial charge in [-0.1, -0.05) is 0 Å². The highest BCUT2D eigenvalue weighted by Crippen LogP contribution is 2.27. The predicted molar refractivity (Wildman–Crippen MR) is 33.9 cm³/mol. The molecule has 1 heterocycles. The molecule has 0 aromatic carbocycles. The summed E-state index contributed by atoms with van der Waals surface area (Å²) in [4.78, 5) is 2.60. The van der Waals surface area contributed by atoms with E-state index in [0.29, 0.717) is 6.07 Å². The summed E-state index contributed by atoms with van der Waals surface area (Å²) in [5.74, 6) is -1.41. The van der Waals surface area contributed by atoms with Gasteiger partial charge in [0.1, 0.15) is 17.3 Å².